The number of hydrogen-bond acceptors (Lipinski definition) is 4. The molecule has 0 N–H and O–H groups in total. The molecule has 0 bridgehead atoms. The predicted molar refractivity (Wildman–Crippen MR) is 99.1 cm³/mol. The van der Waals surface area contributed by atoms with Gasteiger partial charge in [0.15, 0.2) is 0 Å². The molecular weight excluding hydrogens is 360 g/mol. The maximum atomic E-state index is 11.5. The molecule has 1 aromatic carbocycles. The topological polar surface area (TPSA) is 53.8 Å². The van der Waals surface area contributed by atoms with Gasteiger partial charge in [0.1, 0.15) is 11.5 Å². The Morgan fingerprint density at radius 3 is 2.68 bits per heavy atom. The van der Waals surface area contributed by atoms with E-state index in [0.717, 1.165) is 36.8 Å². The number of furan rings is 1. The largest absolute Gasteiger partial charge is 0.463 e. The van der Waals surface area contributed by atoms with Gasteiger partial charge >= 0.3 is 0 Å². The monoisotopic (exact) mass is 382 g/mol. The lowest BCUT2D eigenvalue weighted by molar-refractivity contribution is 0.285. The van der Waals surface area contributed by atoms with Gasteiger partial charge in [-0.3, -0.25) is 4.90 Å². The van der Waals surface area contributed by atoms with Crippen LogP contribution in [0.2, 0.25) is 5.02 Å². The summed E-state index contributed by atoms with van der Waals surface area (Å²) in [6.45, 7) is 2.92. The van der Waals surface area contributed by atoms with Crippen LogP contribution in [0.5, 0.6) is 0 Å². The van der Waals surface area contributed by atoms with Crippen molar-refractivity contribution >= 4 is 21.6 Å². The standard InChI is InChI=1S/C18H23ClN2O3S/c1-20(25(2,22)23)12-15-7-8-16(24-15)13-21-10-9-14(11-21)17-5-3-4-6-18(17)19/h3-8,14H,9-13H2,1-2H3/t14-/m0/s1. The predicted octanol–water partition coefficient (Wildman–Crippen LogP) is 3.31. The first kappa shape index (κ1) is 18.5. The smallest absolute Gasteiger partial charge is 0.211 e. The van der Waals surface area contributed by atoms with Crippen molar-refractivity contribution in [2.24, 2.45) is 0 Å². The molecule has 0 radical (unpaired) electrons. The Hall–Kier alpha value is -1.34. The second kappa shape index (κ2) is 7.50. The summed E-state index contributed by atoms with van der Waals surface area (Å²) in [5.74, 6) is 1.96. The molecule has 0 amide bonds. The van der Waals surface area contributed by atoms with Crippen LogP contribution in [0.15, 0.2) is 40.8 Å². The molecule has 5 nitrogen and oxygen atoms in total. The van der Waals surface area contributed by atoms with E-state index in [9.17, 15) is 8.42 Å². The summed E-state index contributed by atoms with van der Waals surface area (Å²) in [7, 11) is -1.66. The van der Waals surface area contributed by atoms with Crippen molar-refractivity contribution in [3.63, 3.8) is 0 Å². The molecule has 25 heavy (non-hydrogen) atoms. The van der Waals surface area contributed by atoms with Crippen molar-refractivity contribution in [3.05, 3.63) is 58.5 Å². The van der Waals surface area contributed by atoms with Gasteiger partial charge in [-0.1, -0.05) is 29.8 Å². The minimum absolute atomic E-state index is 0.251. The SMILES string of the molecule is CN(Cc1ccc(CN2CC[C@H](c3ccccc3Cl)C2)o1)S(C)(=O)=O. The first-order valence-electron chi connectivity index (χ1n) is 8.28. The van der Waals surface area contributed by atoms with Crippen LogP contribution in [0, 0.1) is 0 Å². The zero-order valence-electron chi connectivity index (χ0n) is 14.5. The second-order valence-corrected chi connectivity index (χ2v) is 9.13. The molecule has 136 valence electrons. The van der Waals surface area contributed by atoms with E-state index in [-0.39, 0.29) is 6.54 Å². The lowest BCUT2D eigenvalue weighted by Crippen LogP contribution is -2.24. The number of nitrogens with zero attached hydrogens (tertiary/aromatic N) is 2. The van der Waals surface area contributed by atoms with E-state index in [4.69, 9.17) is 16.0 Å². The number of sulfonamides is 1. The zero-order chi connectivity index (χ0) is 18.0. The average molecular weight is 383 g/mol. The van der Waals surface area contributed by atoms with Crippen LogP contribution in [-0.2, 0) is 23.1 Å². The van der Waals surface area contributed by atoms with Crippen LogP contribution in [0.4, 0.5) is 0 Å². The Morgan fingerprint density at radius 1 is 1.24 bits per heavy atom. The molecule has 1 saturated heterocycles. The van der Waals surface area contributed by atoms with E-state index >= 15 is 0 Å². The summed E-state index contributed by atoms with van der Waals surface area (Å²) >= 11 is 6.31. The molecule has 0 unspecified atom stereocenters. The van der Waals surface area contributed by atoms with Gasteiger partial charge in [0.05, 0.1) is 19.3 Å². The van der Waals surface area contributed by atoms with E-state index in [1.807, 2.05) is 30.3 Å². The Bertz CT molecular complexity index is 834. The number of halogens is 1. The van der Waals surface area contributed by atoms with E-state index in [1.165, 1.54) is 16.1 Å². The lowest BCUT2D eigenvalue weighted by Gasteiger charge is -2.15. The van der Waals surface area contributed by atoms with Gasteiger partial charge < -0.3 is 4.42 Å². The van der Waals surface area contributed by atoms with Gasteiger partial charge in [-0.05, 0) is 42.6 Å². The fourth-order valence-corrected chi connectivity index (χ4v) is 3.84. The van der Waals surface area contributed by atoms with Crippen molar-refractivity contribution in [1.82, 2.24) is 9.21 Å². The second-order valence-electron chi connectivity index (χ2n) is 6.63. The van der Waals surface area contributed by atoms with E-state index < -0.39 is 10.0 Å². The first-order chi connectivity index (χ1) is 11.8. The number of rotatable bonds is 6. The van der Waals surface area contributed by atoms with Crippen LogP contribution in [0.1, 0.15) is 29.4 Å². The van der Waals surface area contributed by atoms with Crippen LogP contribution in [-0.4, -0.2) is 44.0 Å². The van der Waals surface area contributed by atoms with Crippen molar-refractivity contribution in [2.75, 3.05) is 26.4 Å². The van der Waals surface area contributed by atoms with Gasteiger partial charge in [-0.25, -0.2) is 8.42 Å². The third-order valence-electron chi connectivity index (χ3n) is 4.66. The molecule has 0 spiro atoms. The summed E-state index contributed by atoms with van der Waals surface area (Å²) in [6.07, 6.45) is 2.27. The molecule has 1 aliphatic heterocycles. The van der Waals surface area contributed by atoms with Crippen LogP contribution < -0.4 is 0 Å². The fraction of sp³-hybridized carbons (Fsp3) is 0.444. The molecule has 2 aromatic rings. The Morgan fingerprint density at radius 2 is 1.96 bits per heavy atom. The molecule has 1 atom stereocenters. The molecule has 0 saturated carbocycles. The maximum absolute atomic E-state index is 11.5. The molecule has 1 fully saturated rings. The molecule has 1 aromatic heterocycles. The number of benzene rings is 1. The van der Waals surface area contributed by atoms with Gasteiger partial charge in [-0.2, -0.15) is 4.31 Å². The fourth-order valence-electron chi connectivity index (χ4n) is 3.19. The molecule has 0 aliphatic carbocycles. The van der Waals surface area contributed by atoms with E-state index in [1.54, 1.807) is 7.05 Å². The summed E-state index contributed by atoms with van der Waals surface area (Å²) in [6, 6.07) is 11.8. The highest BCUT2D eigenvalue weighted by molar-refractivity contribution is 7.88. The molecule has 3 rings (SSSR count). The van der Waals surface area contributed by atoms with Crippen molar-refractivity contribution < 1.29 is 12.8 Å². The summed E-state index contributed by atoms with van der Waals surface area (Å²) in [4.78, 5) is 2.34. The van der Waals surface area contributed by atoms with Gasteiger partial charge in [0.25, 0.3) is 0 Å². The third kappa shape index (κ3) is 4.64. The number of hydrogen-bond donors (Lipinski definition) is 0. The highest BCUT2D eigenvalue weighted by atomic mass is 35.5. The summed E-state index contributed by atoms with van der Waals surface area (Å²) in [5, 5.41) is 0.832. The van der Waals surface area contributed by atoms with Crippen LogP contribution >= 0.6 is 11.6 Å². The van der Waals surface area contributed by atoms with E-state index in [0.29, 0.717) is 11.7 Å². The summed E-state index contributed by atoms with van der Waals surface area (Å²) < 4.78 is 30.0. The van der Waals surface area contributed by atoms with Crippen molar-refractivity contribution in [2.45, 2.75) is 25.4 Å². The van der Waals surface area contributed by atoms with Gasteiger partial charge in [0, 0.05) is 18.6 Å². The van der Waals surface area contributed by atoms with E-state index in [2.05, 4.69) is 11.0 Å². The molecule has 1 aliphatic rings. The highest BCUT2D eigenvalue weighted by Gasteiger charge is 2.26. The van der Waals surface area contributed by atoms with Gasteiger partial charge in [-0.15, -0.1) is 0 Å². The molecular formula is C18H23ClN2O3S. The van der Waals surface area contributed by atoms with Crippen molar-refractivity contribution in [3.8, 4) is 0 Å². The molecule has 2 heterocycles. The zero-order valence-corrected chi connectivity index (χ0v) is 16.1. The highest BCUT2D eigenvalue weighted by Crippen LogP contribution is 2.32. The van der Waals surface area contributed by atoms with Crippen molar-refractivity contribution in [1.29, 1.82) is 0 Å². The minimum Gasteiger partial charge on any atom is -0.463 e. The quantitative estimate of drug-likeness (QED) is 0.769. The maximum Gasteiger partial charge on any atom is 0.211 e. The third-order valence-corrected chi connectivity index (χ3v) is 6.26. The lowest BCUT2D eigenvalue weighted by atomic mass is 9.98. The van der Waals surface area contributed by atoms with Crippen LogP contribution in [0.3, 0.4) is 0 Å². The normalized spacial score (nSPS) is 19.0. The number of likely N-dealkylation sites (tertiary alicyclic amines) is 1. The Balaban J connectivity index is 1.58. The summed E-state index contributed by atoms with van der Waals surface area (Å²) in [5.41, 5.74) is 1.21. The Labute approximate surface area is 154 Å². The minimum atomic E-state index is -3.21. The molecule has 7 heteroatoms. The average Bonchev–Trinajstić information content (AvgIpc) is 3.17. The van der Waals surface area contributed by atoms with Gasteiger partial charge in [0.2, 0.25) is 10.0 Å². The Kier molecular flexibility index (Phi) is 5.53. The van der Waals surface area contributed by atoms with Crippen LogP contribution in [0.25, 0.3) is 0 Å². The first-order valence-corrected chi connectivity index (χ1v) is 10.5.